The molecule has 8 heteroatoms. The van der Waals surface area contributed by atoms with Gasteiger partial charge in [0, 0.05) is 19.0 Å². The fourth-order valence-corrected chi connectivity index (χ4v) is 3.97. The molecule has 0 saturated heterocycles. The van der Waals surface area contributed by atoms with Gasteiger partial charge in [-0.3, -0.25) is 9.59 Å². The van der Waals surface area contributed by atoms with E-state index in [0.717, 1.165) is 5.56 Å². The number of carboxylic acids is 1. The van der Waals surface area contributed by atoms with Crippen LogP contribution >= 0.6 is 0 Å². The van der Waals surface area contributed by atoms with E-state index in [-0.39, 0.29) is 23.3 Å². The van der Waals surface area contributed by atoms with Crippen molar-refractivity contribution in [1.29, 1.82) is 0 Å². The van der Waals surface area contributed by atoms with Crippen LogP contribution in [0.1, 0.15) is 31.2 Å². The first-order valence-electron chi connectivity index (χ1n) is 8.36. The van der Waals surface area contributed by atoms with Gasteiger partial charge >= 0.3 is 5.97 Å². The van der Waals surface area contributed by atoms with Gasteiger partial charge in [-0.05, 0) is 44.7 Å². The summed E-state index contributed by atoms with van der Waals surface area (Å²) in [6, 6.07) is 6.58. The van der Waals surface area contributed by atoms with Crippen molar-refractivity contribution < 1.29 is 23.1 Å². The summed E-state index contributed by atoms with van der Waals surface area (Å²) in [6.45, 7) is 2.46. The van der Waals surface area contributed by atoms with Crippen molar-refractivity contribution in [2.24, 2.45) is 11.8 Å². The molecule has 0 aliphatic heterocycles. The Morgan fingerprint density at radius 2 is 1.76 bits per heavy atom. The number of carbonyl (C=O) groups is 2. The summed E-state index contributed by atoms with van der Waals surface area (Å²) in [5.74, 6) is -1.69. The monoisotopic (exact) mass is 368 g/mol. The number of carboxylic acid groups (broad SMARTS) is 1. The molecule has 138 valence electrons. The largest absolute Gasteiger partial charge is 0.481 e. The highest BCUT2D eigenvalue weighted by Gasteiger charge is 2.33. The summed E-state index contributed by atoms with van der Waals surface area (Å²) in [6.07, 6.45) is 1.96. The molecule has 1 aliphatic rings. The van der Waals surface area contributed by atoms with Crippen LogP contribution in [0, 0.1) is 18.8 Å². The Hall–Kier alpha value is -1.93. The molecule has 1 aromatic carbocycles. The lowest BCUT2D eigenvalue weighted by atomic mass is 10.0. The Kier molecular flexibility index (Phi) is 6.55. The molecular weight excluding hydrogens is 344 g/mol. The number of aryl methyl sites for hydroxylation is 1. The summed E-state index contributed by atoms with van der Waals surface area (Å²) in [5.41, 5.74) is 0.985. The van der Waals surface area contributed by atoms with Crippen LogP contribution in [-0.4, -0.2) is 38.5 Å². The zero-order valence-corrected chi connectivity index (χ0v) is 15.0. The molecule has 0 radical (unpaired) electrons. The molecule has 0 heterocycles. The van der Waals surface area contributed by atoms with Crippen LogP contribution < -0.4 is 10.0 Å². The predicted molar refractivity (Wildman–Crippen MR) is 92.5 cm³/mol. The third-order valence-corrected chi connectivity index (χ3v) is 5.91. The molecule has 0 spiro atoms. The smallest absolute Gasteiger partial charge is 0.306 e. The lowest BCUT2D eigenvalue weighted by Crippen LogP contribution is -2.33. The van der Waals surface area contributed by atoms with Crippen LogP contribution in [0.5, 0.6) is 0 Å². The standard InChI is InChI=1S/C17H24N2O5S/c1-12-3-7-15(8-4-12)25(23,24)19-10-2-9-18-16(20)13-5-6-14(11-13)17(21)22/h3-4,7-8,13-14,19H,2,5-6,9-11H2,1H3,(H,18,20)(H,21,22)/t13-,14+/m0/s1. The number of hydrogen-bond donors (Lipinski definition) is 3. The molecule has 0 unspecified atom stereocenters. The van der Waals surface area contributed by atoms with Gasteiger partial charge in [-0.15, -0.1) is 0 Å². The highest BCUT2D eigenvalue weighted by molar-refractivity contribution is 7.89. The van der Waals surface area contributed by atoms with Gasteiger partial charge in [0.05, 0.1) is 10.8 Å². The summed E-state index contributed by atoms with van der Waals surface area (Å²) in [5, 5.41) is 11.7. The maximum Gasteiger partial charge on any atom is 0.306 e. The van der Waals surface area contributed by atoms with Crippen LogP contribution in [0.3, 0.4) is 0 Å². The molecular formula is C17H24N2O5S. The van der Waals surface area contributed by atoms with E-state index in [9.17, 15) is 18.0 Å². The number of nitrogens with one attached hydrogen (secondary N) is 2. The van der Waals surface area contributed by atoms with Gasteiger partial charge in [0.2, 0.25) is 15.9 Å². The third kappa shape index (κ3) is 5.54. The third-order valence-electron chi connectivity index (χ3n) is 4.43. The number of rotatable bonds is 8. The summed E-state index contributed by atoms with van der Waals surface area (Å²) in [4.78, 5) is 23.1. The number of benzene rings is 1. The zero-order chi connectivity index (χ0) is 18.4. The molecule has 0 bridgehead atoms. The average molecular weight is 368 g/mol. The molecule has 0 aromatic heterocycles. The van der Waals surface area contributed by atoms with Crippen molar-refractivity contribution >= 4 is 21.9 Å². The summed E-state index contributed by atoms with van der Waals surface area (Å²) in [7, 11) is -3.54. The number of amides is 1. The summed E-state index contributed by atoms with van der Waals surface area (Å²) < 4.78 is 26.7. The molecule has 1 saturated carbocycles. The first-order valence-corrected chi connectivity index (χ1v) is 9.85. The average Bonchev–Trinajstić information content (AvgIpc) is 3.05. The molecule has 1 aromatic rings. The van der Waals surface area contributed by atoms with Gasteiger partial charge in [0.15, 0.2) is 0 Å². The van der Waals surface area contributed by atoms with E-state index in [1.807, 2.05) is 6.92 Å². The van der Waals surface area contributed by atoms with Crippen molar-refractivity contribution in [3.05, 3.63) is 29.8 Å². The van der Waals surface area contributed by atoms with E-state index >= 15 is 0 Å². The van der Waals surface area contributed by atoms with Gasteiger partial charge < -0.3 is 10.4 Å². The second-order valence-electron chi connectivity index (χ2n) is 6.40. The van der Waals surface area contributed by atoms with Gasteiger partial charge in [-0.2, -0.15) is 0 Å². The van der Waals surface area contributed by atoms with Crippen LogP contribution in [-0.2, 0) is 19.6 Å². The fraction of sp³-hybridized carbons (Fsp3) is 0.529. The Labute approximate surface area is 147 Å². The lowest BCUT2D eigenvalue weighted by molar-refractivity contribution is -0.141. The number of aliphatic carboxylic acids is 1. The maximum absolute atomic E-state index is 12.1. The minimum atomic E-state index is -3.54. The normalized spacial score (nSPS) is 20.4. The van der Waals surface area contributed by atoms with Crippen molar-refractivity contribution in [2.45, 2.75) is 37.5 Å². The van der Waals surface area contributed by atoms with Crippen LogP contribution in [0.25, 0.3) is 0 Å². The molecule has 1 amide bonds. The highest BCUT2D eigenvalue weighted by atomic mass is 32.2. The van der Waals surface area contributed by atoms with Gasteiger partial charge in [-0.1, -0.05) is 17.7 Å². The number of carbonyl (C=O) groups excluding carboxylic acids is 1. The molecule has 2 atom stereocenters. The molecule has 3 N–H and O–H groups in total. The van der Waals surface area contributed by atoms with E-state index in [0.29, 0.717) is 32.2 Å². The van der Waals surface area contributed by atoms with E-state index in [1.165, 1.54) is 0 Å². The first-order chi connectivity index (χ1) is 11.8. The Morgan fingerprint density at radius 3 is 2.36 bits per heavy atom. The fourth-order valence-electron chi connectivity index (χ4n) is 2.90. The maximum atomic E-state index is 12.1. The van der Waals surface area contributed by atoms with E-state index in [1.54, 1.807) is 24.3 Å². The summed E-state index contributed by atoms with van der Waals surface area (Å²) >= 11 is 0. The second kappa shape index (κ2) is 8.44. The van der Waals surface area contributed by atoms with Gasteiger partial charge in [0.25, 0.3) is 0 Å². The first kappa shape index (κ1) is 19.4. The number of sulfonamides is 1. The van der Waals surface area contributed by atoms with Crippen LogP contribution in [0.4, 0.5) is 0 Å². The number of hydrogen-bond acceptors (Lipinski definition) is 4. The molecule has 7 nitrogen and oxygen atoms in total. The highest BCUT2D eigenvalue weighted by Crippen LogP contribution is 2.31. The lowest BCUT2D eigenvalue weighted by Gasteiger charge is -2.11. The molecule has 1 aliphatic carbocycles. The topological polar surface area (TPSA) is 113 Å². The Balaban J connectivity index is 1.68. The second-order valence-corrected chi connectivity index (χ2v) is 8.17. The SMILES string of the molecule is Cc1ccc(S(=O)(=O)NCCCNC(=O)[C@H]2CC[C@@H](C(=O)O)C2)cc1. The quantitative estimate of drug-likeness (QED) is 0.598. The Bertz CT molecular complexity index is 715. The van der Waals surface area contributed by atoms with Gasteiger partial charge in [-0.25, -0.2) is 13.1 Å². The van der Waals surface area contributed by atoms with Crippen LogP contribution in [0.2, 0.25) is 0 Å². The van der Waals surface area contributed by atoms with Crippen molar-refractivity contribution in [2.75, 3.05) is 13.1 Å². The van der Waals surface area contributed by atoms with Crippen molar-refractivity contribution in [1.82, 2.24) is 10.0 Å². The minimum absolute atomic E-state index is 0.148. The van der Waals surface area contributed by atoms with Crippen molar-refractivity contribution in [3.8, 4) is 0 Å². The molecule has 1 fully saturated rings. The molecule has 25 heavy (non-hydrogen) atoms. The van der Waals surface area contributed by atoms with E-state index in [2.05, 4.69) is 10.0 Å². The van der Waals surface area contributed by atoms with Crippen molar-refractivity contribution in [3.63, 3.8) is 0 Å². The molecule has 2 rings (SSSR count). The van der Waals surface area contributed by atoms with E-state index in [4.69, 9.17) is 5.11 Å². The van der Waals surface area contributed by atoms with Gasteiger partial charge in [0.1, 0.15) is 0 Å². The minimum Gasteiger partial charge on any atom is -0.481 e. The predicted octanol–water partition coefficient (Wildman–Crippen LogP) is 1.28. The Morgan fingerprint density at radius 1 is 1.12 bits per heavy atom. The van der Waals surface area contributed by atoms with E-state index < -0.39 is 21.9 Å². The van der Waals surface area contributed by atoms with Crippen LogP contribution in [0.15, 0.2) is 29.2 Å². The zero-order valence-electron chi connectivity index (χ0n) is 14.2.